The van der Waals surface area contributed by atoms with Crippen LogP contribution < -0.4 is 4.74 Å². The summed E-state index contributed by atoms with van der Waals surface area (Å²) in [6.45, 7) is 10.8. The van der Waals surface area contributed by atoms with Gasteiger partial charge in [-0.3, -0.25) is 0 Å². The molecule has 2 N–H and O–H groups in total. The van der Waals surface area contributed by atoms with Crippen LogP contribution >= 0.6 is 0 Å². The topological polar surface area (TPSA) is 68.2 Å². The molecule has 0 aliphatic heterocycles. The molecule has 1 aromatic rings. The number of phenolic OH excluding ortho intramolecular Hbond substituents is 1. The molecule has 0 radical (unpaired) electrons. The number of aliphatic hydroxyl groups is 1. The Bertz CT molecular complexity index is 482. The largest absolute Gasteiger partial charge is 0.508 e. The van der Waals surface area contributed by atoms with Gasteiger partial charge in [-0.25, -0.2) is 0 Å². The van der Waals surface area contributed by atoms with Gasteiger partial charge in [0, 0.05) is 18.1 Å². The van der Waals surface area contributed by atoms with Gasteiger partial charge in [-0.15, -0.1) is 0 Å². The van der Waals surface area contributed by atoms with Crippen LogP contribution in [0.1, 0.15) is 25.8 Å². The Balaban J connectivity index is 2.81. The highest BCUT2D eigenvalue weighted by atomic mass is 16.7. The minimum absolute atomic E-state index is 0.0899. The highest BCUT2D eigenvalue weighted by Gasteiger charge is 2.17. The Labute approximate surface area is 125 Å². The summed E-state index contributed by atoms with van der Waals surface area (Å²) in [4.78, 5) is 0. The van der Waals surface area contributed by atoms with Gasteiger partial charge in [0.2, 0.25) is 6.29 Å². The summed E-state index contributed by atoms with van der Waals surface area (Å²) in [5, 5.41) is 19.1. The van der Waals surface area contributed by atoms with Gasteiger partial charge in [0.05, 0.1) is 18.6 Å². The minimum atomic E-state index is -0.821. The van der Waals surface area contributed by atoms with Crippen molar-refractivity contribution in [2.24, 2.45) is 0 Å². The molecule has 1 rings (SSSR count). The van der Waals surface area contributed by atoms with Crippen LogP contribution in [-0.4, -0.2) is 22.6 Å². The zero-order chi connectivity index (χ0) is 15.8. The lowest BCUT2D eigenvalue weighted by molar-refractivity contribution is -0.167. The van der Waals surface area contributed by atoms with E-state index in [0.717, 1.165) is 0 Å². The lowest BCUT2D eigenvalue weighted by atomic mass is 10.2. The highest BCUT2D eigenvalue weighted by molar-refractivity contribution is 5.40. The molecule has 0 bridgehead atoms. The van der Waals surface area contributed by atoms with E-state index in [0.29, 0.717) is 23.5 Å². The molecule has 5 heteroatoms. The lowest BCUT2D eigenvalue weighted by Gasteiger charge is -2.20. The van der Waals surface area contributed by atoms with Crippen molar-refractivity contribution in [3.8, 4) is 11.5 Å². The van der Waals surface area contributed by atoms with E-state index >= 15 is 0 Å². The lowest BCUT2D eigenvalue weighted by Crippen LogP contribution is -2.27. The first-order valence-electron chi connectivity index (χ1n) is 6.71. The van der Waals surface area contributed by atoms with Gasteiger partial charge in [0.25, 0.3) is 0 Å². The molecule has 0 fully saturated rings. The van der Waals surface area contributed by atoms with E-state index in [9.17, 15) is 10.2 Å². The van der Waals surface area contributed by atoms with Gasteiger partial charge in [-0.2, -0.15) is 0 Å². The van der Waals surface area contributed by atoms with Crippen LogP contribution in [0.4, 0.5) is 0 Å². The summed E-state index contributed by atoms with van der Waals surface area (Å²) in [6, 6.07) is 4.71. The van der Waals surface area contributed by atoms with Crippen molar-refractivity contribution in [1.29, 1.82) is 0 Å². The number of aromatic hydroxyl groups is 1. The van der Waals surface area contributed by atoms with Crippen LogP contribution in [-0.2, 0) is 16.1 Å². The van der Waals surface area contributed by atoms with Gasteiger partial charge >= 0.3 is 0 Å². The quantitative estimate of drug-likeness (QED) is 0.541. The zero-order valence-corrected chi connectivity index (χ0v) is 12.4. The van der Waals surface area contributed by atoms with E-state index in [1.807, 2.05) is 6.92 Å². The predicted octanol–water partition coefficient (Wildman–Crippen LogP) is 3.08. The number of hydrogen-bond donors (Lipinski definition) is 2. The number of rotatable bonds is 9. The Hall–Kier alpha value is -1.98. The van der Waals surface area contributed by atoms with Crippen molar-refractivity contribution < 1.29 is 24.4 Å². The fraction of sp³-hybridized carbons (Fsp3) is 0.375. The second-order valence-corrected chi connectivity index (χ2v) is 4.51. The maximum absolute atomic E-state index is 9.54. The monoisotopic (exact) mass is 294 g/mol. The molecule has 0 amide bonds. The van der Waals surface area contributed by atoms with E-state index in [1.165, 1.54) is 18.4 Å². The van der Waals surface area contributed by atoms with Crippen molar-refractivity contribution in [1.82, 2.24) is 0 Å². The van der Waals surface area contributed by atoms with Crippen LogP contribution in [0, 0.1) is 0 Å². The molecule has 2 atom stereocenters. The van der Waals surface area contributed by atoms with Crippen LogP contribution in [0.2, 0.25) is 0 Å². The van der Waals surface area contributed by atoms with Gasteiger partial charge < -0.3 is 24.4 Å². The molecule has 0 aliphatic carbocycles. The van der Waals surface area contributed by atoms with Gasteiger partial charge in [-0.05, 0) is 19.1 Å². The smallest absolute Gasteiger partial charge is 0.225 e. The van der Waals surface area contributed by atoms with E-state index in [1.54, 1.807) is 13.0 Å². The van der Waals surface area contributed by atoms with Crippen LogP contribution in [0.25, 0.3) is 0 Å². The second-order valence-electron chi connectivity index (χ2n) is 4.51. The highest BCUT2D eigenvalue weighted by Crippen LogP contribution is 2.27. The normalized spacial score (nSPS) is 13.3. The molecule has 0 aliphatic rings. The summed E-state index contributed by atoms with van der Waals surface area (Å²) in [5.74, 6) is 1.13. The Morgan fingerprint density at radius 2 is 2.14 bits per heavy atom. The molecular formula is C16H22O5. The minimum Gasteiger partial charge on any atom is -0.508 e. The molecule has 0 saturated carbocycles. The predicted molar refractivity (Wildman–Crippen MR) is 79.7 cm³/mol. The van der Waals surface area contributed by atoms with E-state index < -0.39 is 12.4 Å². The molecule has 0 aromatic heterocycles. The number of ether oxygens (including phenoxy) is 3. The maximum Gasteiger partial charge on any atom is 0.225 e. The van der Waals surface area contributed by atoms with Crippen LogP contribution in [0.3, 0.4) is 0 Å². The summed E-state index contributed by atoms with van der Waals surface area (Å²) >= 11 is 0. The molecular weight excluding hydrogens is 272 g/mol. The van der Waals surface area contributed by atoms with Crippen LogP contribution in [0.15, 0.2) is 43.4 Å². The number of allylic oxidation sites excluding steroid dienone is 1. The molecule has 0 spiro atoms. The van der Waals surface area contributed by atoms with Gasteiger partial charge in [0.1, 0.15) is 17.6 Å². The number of phenols is 1. The van der Waals surface area contributed by atoms with E-state index in [2.05, 4.69) is 13.2 Å². The molecule has 1 aromatic carbocycles. The Kier molecular flexibility index (Phi) is 6.78. The first kappa shape index (κ1) is 17.1. The summed E-state index contributed by atoms with van der Waals surface area (Å²) in [5.41, 5.74) is 0.709. The Morgan fingerprint density at radius 1 is 1.43 bits per heavy atom. The third-order valence-corrected chi connectivity index (χ3v) is 2.73. The van der Waals surface area contributed by atoms with Crippen molar-refractivity contribution in [2.45, 2.75) is 39.3 Å². The molecule has 21 heavy (non-hydrogen) atoms. The summed E-state index contributed by atoms with van der Waals surface area (Å²) < 4.78 is 16.1. The second kappa shape index (κ2) is 8.34. The van der Waals surface area contributed by atoms with Gasteiger partial charge in [-0.1, -0.05) is 20.1 Å². The van der Waals surface area contributed by atoms with Crippen LogP contribution in [0.5, 0.6) is 11.5 Å². The standard InChI is InChI=1S/C16H22O5/c1-5-11(3)21-15-9-14(18)8-7-13(15)10-20-16(12(4)17)19-6-2/h6-9,12,16-18H,2-3,5,10H2,1,4H3/t12-,16?/m0/s1. The van der Waals surface area contributed by atoms with E-state index in [4.69, 9.17) is 14.2 Å². The van der Waals surface area contributed by atoms with Crippen molar-refractivity contribution in [3.05, 3.63) is 48.9 Å². The first-order valence-corrected chi connectivity index (χ1v) is 6.71. The zero-order valence-electron chi connectivity index (χ0n) is 12.4. The number of benzene rings is 1. The Morgan fingerprint density at radius 3 is 2.71 bits per heavy atom. The first-order chi connectivity index (χ1) is 9.97. The maximum atomic E-state index is 9.54. The summed E-state index contributed by atoms with van der Waals surface area (Å²) in [7, 11) is 0. The van der Waals surface area contributed by atoms with Crippen molar-refractivity contribution in [2.75, 3.05) is 0 Å². The molecule has 1 unspecified atom stereocenters. The van der Waals surface area contributed by atoms with Crippen molar-refractivity contribution >= 4 is 0 Å². The molecule has 5 nitrogen and oxygen atoms in total. The molecule has 116 valence electrons. The third kappa shape index (κ3) is 5.49. The average Bonchev–Trinajstić information content (AvgIpc) is 2.44. The number of aliphatic hydroxyl groups excluding tert-OH is 1. The fourth-order valence-electron chi connectivity index (χ4n) is 1.54. The molecule has 0 saturated heterocycles. The SMILES string of the molecule is C=COC(OCc1ccc(O)cc1OC(=C)CC)[C@H](C)O. The average molecular weight is 294 g/mol. The fourth-order valence-corrected chi connectivity index (χ4v) is 1.54. The molecule has 0 heterocycles. The van der Waals surface area contributed by atoms with Gasteiger partial charge in [0.15, 0.2) is 0 Å². The number of hydrogen-bond acceptors (Lipinski definition) is 5. The summed E-state index contributed by atoms with van der Waals surface area (Å²) in [6.07, 6.45) is 0.240. The van der Waals surface area contributed by atoms with Crippen molar-refractivity contribution in [3.63, 3.8) is 0 Å². The van der Waals surface area contributed by atoms with E-state index in [-0.39, 0.29) is 12.4 Å². The third-order valence-electron chi connectivity index (χ3n) is 2.73.